The molecule has 0 radical (unpaired) electrons. The van der Waals surface area contributed by atoms with Gasteiger partial charge in [0.25, 0.3) is 11.8 Å². The van der Waals surface area contributed by atoms with E-state index in [1.807, 2.05) is 25.1 Å². The molecule has 1 saturated heterocycles. The summed E-state index contributed by atoms with van der Waals surface area (Å²) in [5, 5.41) is 2.79. The van der Waals surface area contributed by atoms with Crippen LogP contribution in [0, 0.1) is 0 Å². The van der Waals surface area contributed by atoms with Crippen molar-refractivity contribution in [2.45, 2.75) is 19.4 Å². The van der Waals surface area contributed by atoms with Crippen LogP contribution in [0.1, 0.15) is 23.7 Å². The number of rotatable bonds is 7. The highest BCUT2D eigenvalue weighted by Crippen LogP contribution is 2.21. The van der Waals surface area contributed by atoms with Gasteiger partial charge in [-0.3, -0.25) is 9.59 Å². The molecule has 0 bridgehead atoms. The van der Waals surface area contributed by atoms with Gasteiger partial charge in [-0.25, -0.2) is 8.42 Å². The zero-order valence-corrected chi connectivity index (χ0v) is 17.0. The molecule has 0 unspecified atom stereocenters. The van der Waals surface area contributed by atoms with Gasteiger partial charge in [0.05, 0.1) is 17.1 Å². The summed E-state index contributed by atoms with van der Waals surface area (Å²) in [6.45, 7) is 1.95. The van der Waals surface area contributed by atoms with Crippen LogP contribution >= 0.6 is 0 Å². The molecule has 2 aromatic rings. The molecule has 1 aliphatic heterocycles. The lowest BCUT2D eigenvalue weighted by atomic mass is 10.2. The van der Waals surface area contributed by atoms with Gasteiger partial charge in [0, 0.05) is 18.3 Å². The summed E-state index contributed by atoms with van der Waals surface area (Å²) in [5.41, 5.74) is 0.971. The Hall–Kier alpha value is -2.87. The van der Waals surface area contributed by atoms with E-state index in [9.17, 15) is 18.0 Å². The number of anilines is 1. The SMILES string of the molecule is CCN(C(=O)COc1ccccc1C(=O)Nc1ccccc1)[C@@H]1CCS(=O)(=O)C1. The molecular formula is C21H24N2O5S. The van der Waals surface area contributed by atoms with Crippen molar-refractivity contribution in [3.8, 4) is 5.75 Å². The van der Waals surface area contributed by atoms with Crippen molar-refractivity contribution >= 4 is 27.3 Å². The van der Waals surface area contributed by atoms with E-state index in [1.54, 1.807) is 36.4 Å². The lowest BCUT2D eigenvalue weighted by Crippen LogP contribution is -2.43. The molecular weight excluding hydrogens is 392 g/mol. The van der Waals surface area contributed by atoms with E-state index in [1.165, 1.54) is 4.90 Å². The first-order chi connectivity index (χ1) is 13.9. The highest BCUT2D eigenvalue weighted by molar-refractivity contribution is 7.91. The number of carbonyl (C=O) groups is 2. The fourth-order valence-electron chi connectivity index (χ4n) is 3.38. The largest absolute Gasteiger partial charge is 0.483 e. The minimum atomic E-state index is -3.09. The topological polar surface area (TPSA) is 92.8 Å². The fourth-order valence-corrected chi connectivity index (χ4v) is 5.11. The summed E-state index contributed by atoms with van der Waals surface area (Å²) in [6.07, 6.45) is 0.442. The summed E-state index contributed by atoms with van der Waals surface area (Å²) in [5.74, 6) is -0.251. The Balaban J connectivity index is 1.66. The number of nitrogens with one attached hydrogen (secondary N) is 1. The number of para-hydroxylation sites is 2. The Bertz CT molecular complexity index is 976. The lowest BCUT2D eigenvalue weighted by Gasteiger charge is -2.27. The Morgan fingerprint density at radius 2 is 1.79 bits per heavy atom. The van der Waals surface area contributed by atoms with E-state index in [-0.39, 0.29) is 36.0 Å². The Labute approximate surface area is 170 Å². The normalized spacial score (nSPS) is 17.5. The molecule has 2 amide bonds. The van der Waals surface area contributed by atoms with Crippen LogP contribution in [0.25, 0.3) is 0 Å². The highest BCUT2D eigenvalue weighted by atomic mass is 32.2. The van der Waals surface area contributed by atoms with Crippen molar-refractivity contribution in [2.24, 2.45) is 0 Å². The molecule has 1 atom stereocenters. The van der Waals surface area contributed by atoms with Gasteiger partial charge in [0.1, 0.15) is 5.75 Å². The molecule has 0 saturated carbocycles. The number of ether oxygens (including phenoxy) is 1. The molecule has 0 spiro atoms. The van der Waals surface area contributed by atoms with E-state index < -0.39 is 9.84 Å². The zero-order chi connectivity index (χ0) is 20.9. The molecule has 154 valence electrons. The van der Waals surface area contributed by atoms with E-state index >= 15 is 0 Å². The summed E-state index contributed by atoms with van der Waals surface area (Å²) < 4.78 is 29.1. The van der Waals surface area contributed by atoms with Crippen molar-refractivity contribution in [3.05, 3.63) is 60.2 Å². The van der Waals surface area contributed by atoms with Gasteiger partial charge in [-0.05, 0) is 37.6 Å². The van der Waals surface area contributed by atoms with E-state index in [4.69, 9.17) is 4.74 Å². The zero-order valence-electron chi connectivity index (χ0n) is 16.2. The Morgan fingerprint density at radius 3 is 2.45 bits per heavy atom. The number of benzene rings is 2. The minimum Gasteiger partial charge on any atom is -0.483 e. The van der Waals surface area contributed by atoms with Gasteiger partial charge in [-0.2, -0.15) is 0 Å². The van der Waals surface area contributed by atoms with Crippen LogP contribution in [-0.2, 0) is 14.6 Å². The predicted octanol–water partition coefficient (Wildman–Crippen LogP) is 2.35. The average Bonchev–Trinajstić information content (AvgIpc) is 3.07. The second-order valence-electron chi connectivity index (χ2n) is 6.84. The molecule has 0 aliphatic carbocycles. The van der Waals surface area contributed by atoms with Crippen LogP contribution in [0.5, 0.6) is 5.75 Å². The Kier molecular flexibility index (Phi) is 6.53. The van der Waals surface area contributed by atoms with Crippen molar-refractivity contribution in [3.63, 3.8) is 0 Å². The number of nitrogens with zero attached hydrogens (tertiary/aromatic N) is 1. The quantitative estimate of drug-likeness (QED) is 0.748. The van der Waals surface area contributed by atoms with Crippen LogP contribution in [0.4, 0.5) is 5.69 Å². The summed E-state index contributed by atoms with van der Waals surface area (Å²) in [7, 11) is -3.09. The maximum absolute atomic E-state index is 12.6. The van der Waals surface area contributed by atoms with E-state index in [2.05, 4.69) is 5.32 Å². The third kappa shape index (κ3) is 5.35. The van der Waals surface area contributed by atoms with Gasteiger partial charge >= 0.3 is 0 Å². The number of likely N-dealkylation sites (N-methyl/N-ethyl adjacent to an activating group) is 1. The van der Waals surface area contributed by atoms with Gasteiger partial charge in [-0.15, -0.1) is 0 Å². The summed E-state index contributed by atoms with van der Waals surface area (Å²) in [6, 6.07) is 15.4. The third-order valence-electron chi connectivity index (χ3n) is 4.82. The van der Waals surface area contributed by atoms with Gasteiger partial charge in [0.2, 0.25) is 0 Å². The van der Waals surface area contributed by atoms with Gasteiger partial charge in [0.15, 0.2) is 16.4 Å². The van der Waals surface area contributed by atoms with Crippen LogP contribution in [-0.4, -0.2) is 55.8 Å². The molecule has 1 fully saturated rings. The lowest BCUT2D eigenvalue weighted by molar-refractivity contribution is -0.135. The number of carbonyl (C=O) groups excluding carboxylic acids is 2. The van der Waals surface area contributed by atoms with E-state index in [0.29, 0.717) is 30.0 Å². The maximum Gasteiger partial charge on any atom is 0.260 e. The first kappa shape index (κ1) is 20.9. The average molecular weight is 416 g/mol. The van der Waals surface area contributed by atoms with Crippen LogP contribution < -0.4 is 10.1 Å². The van der Waals surface area contributed by atoms with Gasteiger partial charge < -0.3 is 15.0 Å². The number of hydrogen-bond acceptors (Lipinski definition) is 5. The number of sulfone groups is 1. The summed E-state index contributed by atoms with van der Waals surface area (Å²) in [4.78, 5) is 26.8. The molecule has 7 nitrogen and oxygen atoms in total. The predicted molar refractivity (Wildman–Crippen MR) is 111 cm³/mol. The first-order valence-electron chi connectivity index (χ1n) is 9.47. The van der Waals surface area contributed by atoms with E-state index in [0.717, 1.165) is 0 Å². The number of hydrogen-bond donors (Lipinski definition) is 1. The first-order valence-corrected chi connectivity index (χ1v) is 11.3. The van der Waals surface area contributed by atoms with Crippen molar-refractivity contribution in [1.82, 2.24) is 4.90 Å². The second kappa shape index (κ2) is 9.09. The standard InChI is InChI=1S/C21H24N2O5S/c1-2-23(17-12-13-29(26,27)15-17)20(24)14-28-19-11-7-6-10-18(19)21(25)22-16-8-4-3-5-9-16/h3-11,17H,2,12-15H2,1H3,(H,22,25)/t17-/m1/s1. The second-order valence-corrected chi connectivity index (χ2v) is 9.07. The fraction of sp³-hybridized carbons (Fsp3) is 0.333. The van der Waals surface area contributed by atoms with Crippen molar-refractivity contribution in [1.29, 1.82) is 0 Å². The molecule has 1 heterocycles. The number of amides is 2. The van der Waals surface area contributed by atoms with Crippen LogP contribution in [0.15, 0.2) is 54.6 Å². The molecule has 1 N–H and O–H groups in total. The molecule has 29 heavy (non-hydrogen) atoms. The molecule has 8 heteroatoms. The Morgan fingerprint density at radius 1 is 1.10 bits per heavy atom. The highest BCUT2D eigenvalue weighted by Gasteiger charge is 2.34. The monoisotopic (exact) mass is 416 g/mol. The van der Waals surface area contributed by atoms with Gasteiger partial charge in [-0.1, -0.05) is 30.3 Å². The maximum atomic E-state index is 12.6. The molecule has 1 aliphatic rings. The third-order valence-corrected chi connectivity index (χ3v) is 6.58. The summed E-state index contributed by atoms with van der Waals surface area (Å²) >= 11 is 0. The smallest absolute Gasteiger partial charge is 0.260 e. The molecule has 3 rings (SSSR count). The van der Waals surface area contributed by atoms with Crippen LogP contribution in [0.2, 0.25) is 0 Å². The van der Waals surface area contributed by atoms with Crippen molar-refractivity contribution < 1.29 is 22.7 Å². The van der Waals surface area contributed by atoms with Crippen molar-refractivity contribution in [2.75, 3.05) is 30.0 Å². The minimum absolute atomic E-state index is 0.0113. The van der Waals surface area contributed by atoms with Crippen LogP contribution in [0.3, 0.4) is 0 Å². The molecule has 2 aromatic carbocycles. The molecule has 0 aromatic heterocycles.